The lowest BCUT2D eigenvalue weighted by molar-refractivity contribution is -0.160. The van der Waals surface area contributed by atoms with Gasteiger partial charge in [-0.1, -0.05) is 12.1 Å². The van der Waals surface area contributed by atoms with Crippen molar-refractivity contribution >= 4 is 17.7 Å². The molecule has 6 nitrogen and oxygen atoms in total. The van der Waals surface area contributed by atoms with Gasteiger partial charge < -0.3 is 15.2 Å². The zero-order valence-electron chi connectivity index (χ0n) is 13.4. The predicted molar refractivity (Wildman–Crippen MR) is 81.4 cm³/mol. The monoisotopic (exact) mass is 361 g/mol. The first-order valence-corrected chi connectivity index (χ1v) is 7.41. The number of carboxylic acid groups (broad SMARTS) is 1. The molecule has 0 heterocycles. The molecule has 0 saturated heterocycles. The van der Waals surface area contributed by atoms with Gasteiger partial charge in [0.05, 0.1) is 13.0 Å². The summed E-state index contributed by atoms with van der Waals surface area (Å²) in [5.41, 5.74) is 0.465. The van der Waals surface area contributed by atoms with E-state index in [9.17, 15) is 27.6 Å². The summed E-state index contributed by atoms with van der Waals surface area (Å²) in [6.07, 6.45) is -6.34. The van der Waals surface area contributed by atoms with E-state index in [-0.39, 0.29) is 25.2 Å². The van der Waals surface area contributed by atoms with Gasteiger partial charge in [-0.25, -0.2) is 4.79 Å². The largest absolute Gasteiger partial charge is 0.494 e. The van der Waals surface area contributed by atoms with Crippen molar-refractivity contribution in [3.05, 3.63) is 29.8 Å². The highest BCUT2D eigenvalue weighted by Crippen LogP contribution is 2.21. The number of Topliss-reactive ketones (excluding diaryl/α,β-unsaturated/α-hetero) is 1. The highest BCUT2D eigenvalue weighted by molar-refractivity contribution is 5.94. The van der Waals surface area contributed by atoms with Crippen molar-refractivity contribution < 1.29 is 37.4 Å². The maximum atomic E-state index is 12.2. The number of carbonyl (C=O) groups is 3. The fraction of sp³-hybridized carbons (Fsp3) is 0.438. The molecule has 9 heteroatoms. The Hall–Kier alpha value is -2.58. The molecule has 1 amide bonds. The molecule has 0 radical (unpaired) electrons. The van der Waals surface area contributed by atoms with Crippen molar-refractivity contribution in [3.8, 4) is 5.75 Å². The van der Waals surface area contributed by atoms with Crippen LogP contribution in [0.4, 0.5) is 13.2 Å². The molecule has 1 aromatic rings. The topological polar surface area (TPSA) is 92.7 Å². The molecule has 0 aliphatic carbocycles. The lowest BCUT2D eigenvalue weighted by Gasteiger charge is -2.16. The number of halogens is 3. The maximum absolute atomic E-state index is 12.2. The van der Waals surface area contributed by atoms with Crippen LogP contribution in [0.25, 0.3) is 0 Å². The minimum atomic E-state index is -4.69. The van der Waals surface area contributed by atoms with Crippen molar-refractivity contribution in [2.45, 2.75) is 38.4 Å². The van der Waals surface area contributed by atoms with E-state index in [1.807, 2.05) is 5.32 Å². The third kappa shape index (κ3) is 8.18. The van der Waals surface area contributed by atoms with Crippen LogP contribution >= 0.6 is 0 Å². The molecule has 0 spiro atoms. The molecule has 1 atom stereocenters. The van der Waals surface area contributed by atoms with E-state index in [0.29, 0.717) is 11.3 Å². The van der Waals surface area contributed by atoms with Crippen molar-refractivity contribution in [3.63, 3.8) is 0 Å². The van der Waals surface area contributed by atoms with E-state index in [2.05, 4.69) is 0 Å². The molecular formula is C16H18F3NO5. The smallest absolute Gasteiger partial charge is 0.391 e. The minimum Gasteiger partial charge on any atom is -0.494 e. The first-order chi connectivity index (χ1) is 11.6. The summed E-state index contributed by atoms with van der Waals surface area (Å²) in [7, 11) is 0. The van der Waals surface area contributed by atoms with Crippen LogP contribution in [-0.2, 0) is 9.59 Å². The normalized spacial score (nSPS) is 12.3. The number of hydrogen-bond acceptors (Lipinski definition) is 4. The van der Waals surface area contributed by atoms with Crippen LogP contribution in [0.15, 0.2) is 24.3 Å². The van der Waals surface area contributed by atoms with Gasteiger partial charge in [-0.3, -0.25) is 9.59 Å². The second-order valence-corrected chi connectivity index (χ2v) is 5.31. The summed E-state index contributed by atoms with van der Waals surface area (Å²) in [4.78, 5) is 33.5. The highest BCUT2D eigenvalue weighted by Gasteiger charge is 2.36. The molecular weight excluding hydrogens is 343 g/mol. The molecule has 2 N–H and O–H groups in total. The third-order valence-corrected chi connectivity index (χ3v) is 3.13. The van der Waals surface area contributed by atoms with Crippen molar-refractivity contribution in [2.24, 2.45) is 0 Å². The van der Waals surface area contributed by atoms with Crippen LogP contribution in [-0.4, -0.2) is 41.6 Å². The zero-order valence-corrected chi connectivity index (χ0v) is 13.4. The van der Waals surface area contributed by atoms with E-state index in [1.165, 1.54) is 13.0 Å². The fourth-order valence-electron chi connectivity index (χ4n) is 1.93. The first-order valence-electron chi connectivity index (χ1n) is 7.41. The van der Waals surface area contributed by atoms with E-state index in [1.54, 1.807) is 18.2 Å². The Kier molecular flexibility index (Phi) is 7.41. The number of amides is 1. The quantitative estimate of drug-likeness (QED) is 0.521. The molecule has 1 rings (SSSR count). The minimum absolute atomic E-state index is 0.0891. The number of ether oxygens (including phenoxy) is 1. The van der Waals surface area contributed by atoms with Gasteiger partial charge in [0.25, 0.3) is 0 Å². The van der Waals surface area contributed by atoms with Crippen LogP contribution in [0.3, 0.4) is 0 Å². The third-order valence-electron chi connectivity index (χ3n) is 3.13. The molecule has 0 bridgehead atoms. The number of ketones is 1. The number of aliphatic carboxylic acids is 1. The number of alkyl halides is 3. The van der Waals surface area contributed by atoms with E-state index < -0.39 is 30.5 Å². The summed E-state index contributed by atoms with van der Waals surface area (Å²) < 4.78 is 42.1. The summed E-state index contributed by atoms with van der Waals surface area (Å²) in [6.45, 7) is 1.50. The van der Waals surface area contributed by atoms with Crippen molar-refractivity contribution in [1.82, 2.24) is 5.32 Å². The van der Waals surface area contributed by atoms with Gasteiger partial charge in [0, 0.05) is 12.0 Å². The Balaban J connectivity index is 2.40. The van der Waals surface area contributed by atoms with E-state index in [0.717, 1.165) is 0 Å². The van der Waals surface area contributed by atoms with Crippen LogP contribution in [0, 0.1) is 0 Å². The van der Waals surface area contributed by atoms with Crippen LogP contribution in [0.5, 0.6) is 5.75 Å². The molecule has 25 heavy (non-hydrogen) atoms. The second kappa shape index (κ2) is 9.05. The Morgan fingerprint density at radius 1 is 1.28 bits per heavy atom. The number of rotatable bonds is 9. The standard InChI is InChI=1S/C16H18F3NO5/c1-10(21)11-4-2-5-12(8-11)25-7-3-6-14(22)20-13(15(23)24)9-16(17,18)19/h2,4-5,8,13H,3,6-7,9H2,1H3,(H,20,22)(H,23,24). The van der Waals surface area contributed by atoms with Gasteiger partial charge in [0.1, 0.15) is 11.8 Å². The second-order valence-electron chi connectivity index (χ2n) is 5.31. The molecule has 0 aliphatic heterocycles. The summed E-state index contributed by atoms with van der Waals surface area (Å²) in [6, 6.07) is 4.39. The van der Waals surface area contributed by atoms with E-state index in [4.69, 9.17) is 9.84 Å². The number of benzene rings is 1. The average Bonchev–Trinajstić information content (AvgIpc) is 2.50. The number of carbonyl (C=O) groups excluding carboxylic acids is 2. The molecule has 0 fully saturated rings. The lowest BCUT2D eigenvalue weighted by Crippen LogP contribution is -2.43. The van der Waals surface area contributed by atoms with Gasteiger partial charge in [0.2, 0.25) is 5.91 Å². The lowest BCUT2D eigenvalue weighted by atomic mass is 10.1. The first kappa shape index (κ1) is 20.5. The molecule has 0 saturated carbocycles. The van der Waals surface area contributed by atoms with Gasteiger partial charge in [-0.05, 0) is 25.5 Å². The number of hydrogen-bond donors (Lipinski definition) is 2. The Bertz CT molecular complexity index is 630. The summed E-state index contributed by atoms with van der Waals surface area (Å²) in [5.74, 6) is -2.26. The van der Waals surface area contributed by atoms with Crippen molar-refractivity contribution in [1.29, 1.82) is 0 Å². The summed E-state index contributed by atoms with van der Waals surface area (Å²) >= 11 is 0. The highest BCUT2D eigenvalue weighted by atomic mass is 19.4. The number of nitrogens with one attached hydrogen (secondary N) is 1. The predicted octanol–water partition coefficient (Wildman–Crippen LogP) is 2.57. The Morgan fingerprint density at radius 2 is 1.96 bits per heavy atom. The van der Waals surface area contributed by atoms with Crippen LogP contribution in [0.2, 0.25) is 0 Å². The molecule has 138 valence electrons. The fourth-order valence-corrected chi connectivity index (χ4v) is 1.93. The van der Waals surface area contributed by atoms with Gasteiger partial charge in [0.15, 0.2) is 5.78 Å². The van der Waals surface area contributed by atoms with Gasteiger partial charge >= 0.3 is 12.1 Å². The molecule has 1 unspecified atom stereocenters. The number of carboxylic acids is 1. The SMILES string of the molecule is CC(=O)c1cccc(OCCCC(=O)NC(CC(F)(F)F)C(=O)O)c1. The zero-order chi connectivity index (χ0) is 19.0. The summed E-state index contributed by atoms with van der Waals surface area (Å²) in [5, 5.41) is 10.5. The molecule has 1 aromatic carbocycles. The van der Waals surface area contributed by atoms with Crippen molar-refractivity contribution in [2.75, 3.05) is 6.61 Å². The Morgan fingerprint density at radius 3 is 2.52 bits per heavy atom. The Labute approximate surface area is 142 Å². The van der Waals surface area contributed by atoms with Gasteiger partial charge in [-0.2, -0.15) is 13.2 Å². The van der Waals surface area contributed by atoms with Crippen LogP contribution in [0.1, 0.15) is 36.5 Å². The maximum Gasteiger partial charge on any atom is 0.391 e. The van der Waals surface area contributed by atoms with Gasteiger partial charge in [-0.15, -0.1) is 0 Å². The van der Waals surface area contributed by atoms with E-state index >= 15 is 0 Å². The molecule has 0 aromatic heterocycles. The average molecular weight is 361 g/mol. The van der Waals surface area contributed by atoms with Crippen LogP contribution < -0.4 is 10.1 Å². The molecule has 0 aliphatic rings.